The molecule has 4 heterocycles. The number of nitrogens with zero attached hydrogens (tertiary/aromatic N) is 3. The summed E-state index contributed by atoms with van der Waals surface area (Å²) in [5, 5.41) is 10.1. The summed E-state index contributed by atoms with van der Waals surface area (Å²) in [6.45, 7) is 12.0. The summed E-state index contributed by atoms with van der Waals surface area (Å²) in [7, 11) is 1.71. The standard InChI is InChI=1S/C36H48BrN3O7/c1-22-28(23-14-10-8-11-15-23)46-33(45)26-27-31(43)39(18-19-41)30(36(27)20-24(37)29(26)47-36)32(44)40(35(5,6)21-34(2,3)4)17-13-9-12-16-25(42)38(22)7/h8-11,13-15,20,22,26-30,41H,12,16-19,21H2,1-7H3/b13-9-/t22-,26+,27-,28+,29+,30+,36-/m1/s1. The number of allylic oxidation sites excluding steroid dienone is 1. The number of aliphatic hydroxyl groups excluding tert-OH is 1. The molecule has 0 saturated carbocycles. The summed E-state index contributed by atoms with van der Waals surface area (Å²) in [5.41, 5.74) is -1.50. The van der Waals surface area contributed by atoms with Crippen LogP contribution in [-0.4, -0.2) is 99.6 Å². The number of β-amino-alcohol motifs (C(OH)–C–C–N with tert-alkyl or cyclic N) is 1. The Morgan fingerprint density at radius 3 is 2.32 bits per heavy atom. The van der Waals surface area contributed by atoms with E-state index in [0.717, 1.165) is 0 Å². The number of rotatable bonds is 5. The number of halogens is 1. The molecule has 4 aliphatic rings. The number of esters is 1. The Hall–Kier alpha value is -3.02. The molecule has 4 aliphatic heterocycles. The lowest BCUT2D eigenvalue weighted by atomic mass is 9.74. The van der Waals surface area contributed by atoms with Crippen LogP contribution in [0.4, 0.5) is 0 Å². The number of likely N-dealkylation sites (N-methyl/N-ethyl adjacent to an activating group) is 1. The quantitative estimate of drug-likeness (QED) is 0.356. The van der Waals surface area contributed by atoms with E-state index < -0.39 is 59.1 Å². The van der Waals surface area contributed by atoms with E-state index in [0.29, 0.717) is 22.9 Å². The van der Waals surface area contributed by atoms with Crippen molar-refractivity contribution in [1.29, 1.82) is 0 Å². The fraction of sp³-hybridized carbons (Fsp3) is 0.611. The molecule has 0 unspecified atom stereocenters. The van der Waals surface area contributed by atoms with Gasteiger partial charge in [-0.05, 0) is 50.7 Å². The molecule has 2 fully saturated rings. The van der Waals surface area contributed by atoms with Gasteiger partial charge in [0.2, 0.25) is 17.7 Å². The lowest BCUT2D eigenvalue weighted by molar-refractivity contribution is -0.164. The van der Waals surface area contributed by atoms with Gasteiger partial charge in [0.05, 0.1) is 18.6 Å². The molecule has 47 heavy (non-hydrogen) atoms. The van der Waals surface area contributed by atoms with Crippen LogP contribution in [0.25, 0.3) is 0 Å². The normalized spacial score (nSPS) is 32.9. The molecule has 1 aromatic carbocycles. The van der Waals surface area contributed by atoms with Crippen LogP contribution in [0, 0.1) is 17.3 Å². The van der Waals surface area contributed by atoms with E-state index in [9.17, 15) is 24.3 Å². The Balaban J connectivity index is 1.64. The van der Waals surface area contributed by atoms with Crippen LogP contribution < -0.4 is 0 Å². The summed E-state index contributed by atoms with van der Waals surface area (Å²) in [6.07, 6.45) is 5.30. The first-order valence-corrected chi connectivity index (χ1v) is 17.3. The van der Waals surface area contributed by atoms with Crippen molar-refractivity contribution in [3.63, 3.8) is 0 Å². The number of amides is 3. The Bertz CT molecular complexity index is 1450. The molecule has 1 aromatic rings. The predicted octanol–water partition coefficient (Wildman–Crippen LogP) is 4.38. The number of cyclic esters (lactones) is 1. The molecule has 256 valence electrons. The predicted molar refractivity (Wildman–Crippen MR) is 180 cm³/mol. The molecular weight excluding hydrogens is 666 g/mol. The van der Waals surface area contributed by atoms with Crippen molar-refractivity contribution in [2.45, 2.75) is 96.2 Å². The van der Waals surface area contributed by atoms with E-state index in [1.54, 1.807) is 22.9 Å². The minimum absolute atomic E-state index is 0.0886. The molecule has 7 atom stereocenters. The van der Waals surface area contributed by atoms with Crippen molar-refractivity contribution < 1.29 is 33.8 Å². The van der Waals surface area contributed by atoms with Crippen molar-refractivity contribution in [3.05, 3.63) is 58.6 Å². The number of aliphatic hydroxyl groups is 1. The van der Waals surface area contributed by atoms with Gasteiger partial charge in [-0.25, -0.2) is 0 Å². The first-order chi connectivity index (χ1) is 22.0. The van der Waals surface area contributed by atoms with Crippen molar-refractivity contribution in [1.82, 2.24) is 14.7 Å². The van der Waals surface area contributed by atoms with Crippen LogP contribution in [0.15, 0.2) is 53.0 Å². The van der Waals surface area contributed by atoms with Gasteiger partial charge in [0.1, 0.15) is 29.8 Å². The minimum Gasteiger partial charge on any atom is -0.455 e. The summed E-state index contributed by atoms with van der Waals surface area (Å²) in [4.78, 5) is 61.8. The second-order valence-corrected chi connectivity index (χ2v) is 16.0. The van der Waals surface area contributed by atoms with E-state index in [1.165, 1.54) is 4.90 Å². The molecule has 1 N–H and O–H groups in total. The Morgan fingerprint density at radius 1 is 1.00 bits per heavy atom. The fourth-order valence-corrected chi connectivity index (χ4v) is 8.93. The van der Waals surface area contributed by atoms with Gasteiger partial charge in [-0.15, -0.1) is 0 Å². The van der Waals surface area contributed by atoms with E-state index in [4.69, 9.17) is 9.47 Å². The van der Waals surface area contributed by atoms with E-state index >= 15 is 0 Å². The Labute approximate surface area is 286 Å². The monoisotopic (exact) mass is 713 g/mol. The van der Waals surface area contributed by atoms with Gasteiger partial charge < -0.3 is 29.3 Å². The number of benzene rings is 1. The molecular formula is C36H48BrN3O7. The zero-order valence-corrected chi connectivity index (χ0v) is 30.0. The highest BCUT2D eigenvalue weighted by atomic mass is 79.9. The maximum Gasteiger partial charge on any atom is 0.313 e. The van der Waals surface area contributed by atoms with E-state index in [2.05, 4.69) is 36.7 Å². The molecule has 5 bridgehead atoms. The SMILES string of the molecule is C[C@@H]1[C@@H](c2ccccc2)OC(=O)[C@@H]2[C@H]3O[C@@]4(C=C3Br)[C@H](C(=O)N(C(C)(C)CC(C)(C)C)C/C=C\CCC(=O)N1C)N(CCO)C(=O)[C@@H]24. The summed E-state index contributed by atoms with van der Waals surface area (Å²) < 4.78 is 13.5. The third-order valence-corrected chi connectivity index (χ3v) is 10.7. The average molecular weight is 715 g/mol. The number of carbonyl (C=O) groups is 4. The molecule has 11 heteroatoms. The first kappa shape index (κ1) is 35.3. The Kier molecular flexibility index (Phi) is 9.85. The molecule has 2 saturated heterocycles. The van der Waals surface area contributed by atoms with Gasteiger partial charge in [0.15, 0.2) is 0 Å². The second kappa shape index (κ2) is 13.1. The summed E-state index contributed by atoms with van der Waals surface area (Å²) >= 11 is 3.60. The highest BCUT2D eigenvalue weighted by molar-refractivity contribution is 9.11. The second-order valence-electron chi connectivity index (χ2n) is 15.1. The lowest BCUT2D eigenvalue weighted by Gasteiger charge is -2.45. The highest BCUT2D eigenvalue weighted by Crippen LogP contribution is 2.59. The van der Waals surface area contributed by atoms with Crippen LogP contribution in [0.1, 0.15) is 72.5 Å². The van der Waals surface area contributed by atoms with Crippen molar-refractivity contribution in [2.75, 3.05) is 26.7 Å². The number of hydrogen-bond donors (Lipinski definition) is 1. The van der Waals surface area contributed by atoms with Crippen molar-refractivity contribution in [3.8, 4) is 0 Å². The van der Waals surface area contributed by atoms with Gasteiger partial charge in [-0.3, -0.25) is 19.2 Å². The van der Waals surface area contributed by atoms with Crippen LogP contribution in [0.5, 0.6) is 0 Å². The summed E-state index contributed by atoms with van der Waals surface area (Å²) in [5.74, 6) is -3.59. The van der Waals surface area contributed by atoms with Crippen LogP contribution >= 0.6 is 15.9 Å². The van der Waals surface area contributed by atoms with E-state index in [1.807, 2.05) is 63.3 Å². The molecule has 0 radical (unpaired) electrons. The highest BCUT2D eigenvalue weighted by Gasteiger charge is 2.75. The van der Waals surface area contributed by atoms with Crippen LogP contribution in [0.2, 0.25) is 0 Å². The maximum absolute atomic E-state index is 15.0. The number of carbonyl (C=O) groups excluding carboxylic acids is 4. The summed E-state index contributed by atoms with van der Waals surface area (Å²) in [6, 6.07) is 7.61. The number of likely N-dealkylation sites (tertiary alicyclic amines) is 1. The molecule has 5 rings (SSSR count). The molecule has 3 amide bonds. The maximum atomic E-state index is 15.0. The van der Waals surface area contributed by atoms with Crippen LogP contribution in [0.3, 0.4) is 0 Å². The zero-order valence-electron chi connectivity index (χ0n) is 28.4. The first-order valence-electron chi connectivity index (χ1n) is 16.5. The van der Waals surface area contributed by atoms with Gasteiger partial charge >= 0.3 is 5.97 Å². The van der Waals surface area contributed by atoms with Crippen molar-refractivity contribution in [2.24, 2.45) is 17.3 Å². The van der Waals surface area contributed by atoms with E-state index in [-0.39, 0.29) is 43.3 Å². The van der Waals surface area contributed by atoms with Gasteiger partial charge in [-0.1, -0.05) is 79.2 Å². The fourth-order valence-electron chi connectivity index (χ4n) is 8.19. The Morgan fingerprint density at radius 2 is 1.68 bits per heavy atom. The molecule has 0 aliphatic carbocycles. The van der Waals surface area contributed by atoms with Crippen molar-refractivity contribution >= 4 is 39.6 Å². The molecule has 0 aromatic heterocycles. The van der Waals surface area contributed by atoms with Gasteiger partial charge in [0.25, 0.3) is 0 Å². The molecule has 10 nitrogen and oxygen atoms in total. The number of hydrogen-bond acceptors (Lipinski definition) is 7. The minimum atomic E-state index is -1.44. The third-order valence-electron chi connectivity index (χ3n) is 10.0. The number of ether oxygens (including phenoxy) is 2. The average Bonchev–Trinajstić information content (AvgIpc) is 3.58. The number of fused-ring (bicyclic) bond motifs is 2. The zero-order chi connectivity index (χ0) is 34.5. The molecule has 1 spiro atoms. The van der Waals surface area contributed by atoms with Crippen LogP contribution in [-0.2, 0) is 28.7 Å². The van der Waals surface area contributed by atoms with Gasteiger partial charge in [-0.2, -0.15) is 0 Å². The smallest absolute Gasteiger partial charge is 0.313 e. The lowest BCUT2D eigenvalue weighted by Crippen LogP contribution is -2.61. The van der Waals surface area contributed by atoms with Gasteiger partial charge in [0, 0.05) is 36.6 Å². The topological polar surface area (TPSA) is 117 Å². The third kappa shape index (κ3) is 6.43. The largest absolute Gasteiger partial charge is 0.455 e.